The van der Waals surface area contributed by atoms with Crippen molar-refractivity contribution in [2.24, 2.45) is 0 Å². The second kappa shape index (κ2) is 7.22. The highest BCUT2D eigenvalue weighted by Crippen LogP contribution is 2.40. The minimum atomic E-state index is -3.70. The van der Waals surface area contributed by atoms with Crippen LogP contribution in [0.1, 0.15) is 36.9 Å². The zero-order valence-electron chi connectivity index (χ0n) is 16.1. The van der Waals surface area contributed by atoms with Gasteiger partial charge in [-0.2, -0.15) is 4.31 Å². The Labute approximate surface area is 165 Å². The maximum absolute atomic E-state index is 13.5. The molecule has 0 radical (unpaired) electrons. The monoisotopic (exact) mass is 400 g/mol. The normalized spacial score (nSPS) is 19.9. The van der Waals surface area contributed by atoms with Gasteiger partial charge in [0.15, 0.2) is 0 Å². The molecule has 28 heavy (non-hydrogen) atoms. The van der Waals surface area contributed by atoms with Crippen LogP contribution in [0.25, 0.3) is 0 Å². The average Bonchev–Trinajstić information content (AvgIpc) is 3.17. The van der Waals surface area contributed by atoms with Crippen LogP contribution < -0.4 is 9.64 Å². The number of anilines is 1. The molecule has 0 unspecified atom stereocenters. The fourth-order valence-corrected chi connectivity index (χ4v) is 5.81. The van der Waals surface area contributed by atoms with Crippen molar-refractivity contribution < 1.29 is 17.9 Å². The van der Waals surface area contributed by atoms with Crippen molar-refractivity contribution in [2.45, 2.75) is 37.6 Å². The minimum absolute atomic E-state index is 0.127. The van der Waals surface area contributed by atoms with Crippen molar-refractivity contribution in [3.8, 4) is 5.75 Å². The topological polar surface area (TPSA) is 66.9 Å². The lowest BCUT2D eigenvalue weighted by atomic mass is 10.0. The maximum atomic E-state index is 13.5. The van der Waals surface area contributed by atoms with Gasteiger partial charge in [0.1, 0.15) is 12.4 Å². The number of carbonyl (C=O) groups excluding carboxylic acids is 1. The Morgan fingerprint density at radius 1 is 1.14 bits per heavy atom. The molecule has 0 aliphatic carbocycles. The highest BCUT2D eigenvalue weighted by molar-refractivity contribution is 7.89. The first-order valence-corrected chi connectivity index (χ1v) is 11.0. The summed E-state index contributed by atoms with van der Waals surface area (Å²) in [5, 5.41) is 0. The molecule has 7 heteroatoms. The number of amides is 1. The van der Waals surface area contributed by atoms with Gasteiger partial charge in [0, 0.05) is 13.5 Å². The van der Waals surface area contributed by atoms with Crippen LogP contribution in [0.2, 0.25) is 0 Å². The second-order valence-electron chi connectivity index (χ2n) is 7.28. The molecule has 6 nitrogen and oxygen atoms in total. The predicted octanol–water partition coefficient (Wildman–Crippen LogP) is 3.27. The Hall–Kier alpha value is -2.38. The molecule has 1 atom stereocenters. The molecular formula is C21H24N2O4S. The standard InChI is InChI=1S/C21H24N2O4S/c1-15-6-3-4-7-18(15)19-8-5-11-23(19)28(25,26)17-9-10-21-20(14-17)22(16(2)24)12-13-27-21/h3-4,6-7,9-10,14,19H,5,8,11-13H2,1-2H3/t19-/m1/s1. The van der Waals surface area contributed by atoms with Crippen LogP contribution in [0.4, 0.5) is 5.69 Å². The van der Waals surface area contributed by atoms with Crippen LogP contribution in [-0.2, 0) is 14.8 Å². The molecule has 2 aliphatic heterocycles. The van der Waals surface area contributed by atoms with Gasteiger partial charge in [-0.1, -0.05) is 24.3 Å². The van der Waals surface area contributed by atoms with Crippen molar-refractivity contribution in [2.75, 3.05) is 24.6 Å². The number of nitrogens with zero attached hydrogens (tertiary/aromatic N) is 2. The number of sulfonamides is 1. The van der Waals surface area contributed by atoms with E-state index in [0.29, 0.717) is 31.1 Å². The largest absolute Gasteiger partial charge is 0.490 e. The summed E-state index contributed by atoms with van der Waals surface area (Å²) in [6, 6.07) is 12.6. The highest BCUT2D eigenvalue weighted by Gasteiger charge is 2.37. The van der Waals surface area contributed by atoms with Gasteiger partial charge >= 0.3 is 0 Å². The Balaban J connectivity index is 1.73. The lowest BCUT2D eigenvalue weighted by molar-refractivity contribution is -0.116. The first-order chi connectivity index (χ1) is 13.4. The molecule has 0 N–H and O–H groups in total. The zero-order chi connectivity index (χ0) is 19.9. The van der Waals surface area contributed by atoms with E-state index in [4.69, 9.17) is 4.74 Å². The van der Waals surface area contributed by atoms with E-state index >= 15 is 0 Å². The Kier molecular flexibility index (Phi) is 4.89. The third-order valence-corrected chi connectivity index (χ3v) is 7.44. The fraction of sp³-hybridized carbons (Fsp3) is 0.381. The van der Waals surface area contributed by atoms with Crippen LogP contribution in [0.3, 0.4) is 0 Å². The van der Waals surface area contributed by atoms with Gasteiger partial charge in [0.25, 0.3) is 0 Å². The van der Waals surface area contributed by atoms with Crippen molar-refractivity contribution in [3.63, 3.8) is 0 Å². The molecule has 2 aliphatic rings. The molecule has 0 saturated carbocycles. The minimum Gasteiger partial charge on any atom is -0.490 e. The fourth-order valence-electron chi connectivity index (χ4n) is 4.12. The second-order valence-corrected chi connectivity index (χ2v) is 9.17. The van der Waals surface area contributed by atoms with Crippen LogP contribution in [0.15, 0.2) is 47.4 Å². The average molecular weight is 401 g/mol. The molecule has 2 aromatic rings. The van der Waals surface area contributed by atoms with Crippen molar-refractivity contribution >= 4 is 21.6 Å². The summed E-state index contributed by atoms with van der Waals surface area (Å²) < 4.78 is 34.1. The number of aryl methyl sites for hydroxylation is 1. The number of fused-ring (bicyclic) bond motifs is 1. The number of hydrogen-bond acceptors (Lipinski definition) is 4. The third kappa shape index (κ3) is 3.18. The summed E-state index contributed by atoms with van der Waals surface area (Å²) in [4.78, 5) is 13.7. The Morgan fingerprint density at radius 3 is 2.68 bits per heavy atom. The number of benzene rings is 2. The smallest absolute Gasteiger partial charge is 0.243 e. The summed E-state index contributed by atoms with van der Waals surface area (Å²) in [6.45, 7) is 4.80. The molecule has 1 amide bonds. The summed E-state index contributed by atoms with van der Waals surface area (Å²) in [7, 11) is -3.70. The number of hydrogen-bond donors (Lipinski definition) is 0. The molecule has 0 bridgehead atoms. The van der Waals surface area contributed by atoms with Crippen molar-refractivity contribution in [3.05, 3.63) is 53.6 Å². The molecular weight excluding hydrogens is 376 g/mol. The molecule has 0 aromatic heterocycles. The van der Waals surface area contributed by atoms with E-state index < -0.39 is 10.0 Å². The lowest BCUT2D eigenvalue weighted by Crippen LogP contribution is -2.37. The molecule has 1 fully saturated rings. The zero-order valence-corrected chi connectivity index (χ0v) is 16.9. The summed E-state index contributed by atoms with van der Waals surface area (Å²) in [5.41, 5.74) is 2.66. The van der Waals surface area contributed by atoms with Gasteiger partial charge in [0.2, 0.25) is 15.9 Å². The van der Waals surface area contributed by atoms with E-state index in [-0.39, 0.29) is 16.8 Å². The Morgan fingerprint density at radius 2 is 1.93 bits per heavy atom. The highest BCUT2D eigenvalue weighted by atomic mass is 32.2. The van der Waals surface area contributed by atoms with E-state index in [0.717, 1.165) is 24.0 Å². The number of carbonyl (C=O) groups is 1. The first-order valence-electron chi connectivity index (χ1n) is 9.52. The van der Waals surface area contributed by atoms with Crippen LogP contribution in [0.5, 0.6) is 5.75 Å². The molecule has 148 valence electrons. The predicted molar refractivity (Wildman–Crippen MR) is 107 cm³/mol. The van der Waals surface area contributed by atoms with E-state index in [9.17, 15) is 13.2 Å². The third-order valence-electron chi connectivity index (χ3n) is 5.53. The summed E-state index contributed by atoms with van der Waals surface area (Å²) in [6.07, 6.45) is 1.63. The van der Waals surface area contributed by atoms with Gasteiger partial charge in [-0.25, -0.2) is 8.42 Å². The van der Waals surface area contributed by atoms with Gasteiger partial charge in [-0.05, 0) is 49.1 Å². The molecule has 2 heterocycles. The lowest BCUT2D eigenvalue weighted by Gasteiger charge is -2.30. The number of rotatable bonds is 3. The van der Waals surface area contributed by atoms with Crippen LogP contribution >= 0.6 is 0 Å². The van der Waals surface area contributed by atoms with Gasteiger partial charge in [-0.3, -0.25) is 4.79 Å². The quantitative estimate of drug-likeness (QED) is 0.793. The van der Waals surface area contributed by atoms with Gasteiger partial charge in [-0.15, -0.1) is 0 Å². The van der Waals surface area contributed by atoms with E-state index in [1.807, 2.05) is 31.2 Å². The SMILES string of the molecule is CC(=O)N1CCOc2ccc(S(=O)(=O)N3CCC[C@@H]3c3ccccc3C)cc21. The Bertz CT molecular complexity index is 1020. The van der Waals surface area contributed by atoms with Crippen LogP contribution in [0, 0.1) is 6.92 Å². The van der Waals surface area contributed by atoms with Gasteiger partial charge < -0.3 is 9.64 Å². The van der Waals surface area contributed by atoms with Crippen molar-refractivity contribution in [1.29, 1.82) is 0 Å². The summed E-state index contributed by atoms with van der Waals surface area (Å²) in [5.74, 6) is 0.412. The first kappa shape index (κ1) is 19.0. The van der Waals surface area contributed by atoms with E-state index in [1.165, 1.54) is 6.92 Å². The van der Waals surface area contributed by atoms with E-state index in [2.05, 4.69) is 0 Å². The number of ether oxygens (including phenoxy) is 1. The molecule has 0 spiro atoms. The molecule has 4 rings (SSSR count). The molecule has 2 aromatic carbocycles. The summed E-state index contributed by atoms with van der Waals surface area (Å²) >= 11 is 0. The van der Waals surface area contributed by atoms with E-state index in [1.54, 1.807) is 27.4 Å². The van der Waals surface area contributed by atoms with Crippen LogP contribution in [-0.4, -0.2) is 38.3 Å². The van der Waals surface area contributed by atoms with Gasteiger partial charge in [0.05, 0.1) is 23.2 Å². The maximum Gasteiger partial charge on any atom is 0.243 e. The molecule has 1 saturated heterocycles. The van der Waals surface area contributed by atoms with Crippen molar-refractivity contribution in [1.82, 2.24) is 4.31 Å².